The summed E-state index contributed by atoms with van der Waals surface area (Å²) < 4.78 is 5.57. The molecule has 27 heavy (non-hydrogen) atoms. The molecule has 1 N–H and O–H groups in total. The first-order valence-electron chi connectivity index (χ1n) is 10.0. The molecule has 152 valence electrons. The maximum absolute atomic E-state index is 13.1. The van der Waals surface area contributed by atoms with Crippen LogP contribution < -0.4 is 0 Å². The molecule has 2 aliphatic carbocycles. The van der Waals surface area contributed by atoms with Crippen LogP contribution >= 0.6 is 0 Å². The minimum Gasteiger partial charge on any atom is -0.481 e. The Kier molecular flexibility index (Phi) is 6.23. The number of ketones is 1. The fraction of sp³-hybridized carbons (Fsp3) is 0.773. The first-order chi connectivity index (χ1) is 12.4. The van der Waals surface area contributed by atoms with Crippen LogP contribution in [0.25, 0.3) is 0 Å². The van der Waals surface area contributed by atoms with Crippen LogP contribution in [-0.2, 0) is 19.1 Å². The zero-order valence-electron chi connectivity index (χ0n) is 17.6. The molecule has 1 saturated carbocycles. The van der Waals surface area contributed by atoms with E-state index in [4.69, 9.17) is 9.84 Å². The largest absolute Gasteiger partial charge is 0.481 e. The monoisotopic (exact) mass is 378 g/mol. The topological polar surface area (TPSA) is 80.7 Å². The Morgan fingerprint density at radius 2 is 1.89 bits per heavy atom. The minimum atomic E-state index is -0.786. The molecule has 0 radical (unpaired) electrons. The zero-order valence-corrected chi connectivity index (χ0v) is 17.6. The number of fused-ring (bicyclic) bond motifs is 1. The Balaban J connectivity index is 2.42. The molecule has 0 aromatic heterocycles. The zero-order chi connectivity index (χ0) is 20.6. The second-order valence-electron chi connectivity index (χ2n) is 9.48. The van der Waals surface area contributed by atoms with Gasteiger partial charge in [-0.1, -0.05) is 39.7 Å². The number of allylic oxidation sites excluding steroid dienone is 1. The maximum atomic E-state index is 13.1. The number of hydrogen-bond donors (Lipinski definition) is 1. The van der Waals surface area contributed by atoms with Gasteiger partial charge < -0.3 is 9.84 Å². The third-order valence-corrected chi connectivity index (χ3v) is 6.82. The van der Waals surface area contributed by atoms with Crippen molar-refractivity contribution in [1.82, 2.24) is 0 Å². The lowest BCUT2D eigenvalue weighted by atomic mass is 9.48. The predicted octanol–water partition coefficient (Wildman–Crippen LogP) is 4.54. The highest BCUT2D eigenvalue weighted by molar-refractivity contribution is 6.01. The fourth-order valence-corrected chi connectivity index (χ4v) is 5.67. The van der Waals surface area contributed by atoms with Gasteiger partial charge in [0.2, 0.25) is 0 Å². The van der Waals surface area contributed by atoms with Gasteiger partial charge in [-0.05, 0) is 54.9 Å². The number of Topliss-reactive ketones (excluding diaryl/α,β-unsaturated/α-hetero) is 1. The van der Waals surface area contributed by atoms with E-state index in [1.54, 1.807) is 0 Å². The Labute approximate surface area is 162 Å². The standard InChI is InChI=1S/C22H34O5/c1-13(12-17(24)25)8-9-16-14(2)18(26)19(27-15(3)23)20-21(4,5)10-7-11-22(16,20)6/h13,19-20H,7-12H2,1-6H3,(H,24,25). The van der Waals surface area contributed by atoms with E-state index in [0.717, 1.165) is 37.7 Å². The van der Waals surface area contributed by atoms with Gasteiger partial charge in [-0.15, -0.1) is 0 Å². The second-order valence-corrected chi connectivity index (χ2v) is 9.48. The molecule has 0 saturated heterocycles. The van der Waals surface area contributed by atoms with Crippen molar-refractivity contribution in [1.29, 1.82) is 0 Å². The van der Waals surface area contributed by atoms with E-state index in [1.165, 1.54) is 6.92 Å². The number of esters is 1. The van der Waals surface area contributed by atoms with Crippen molar-refractivity contribution in [2.24, 2.45) is 22.7 Å². The highest BCUT2D eigenvalue weighted by atomic mass is 16.5. The summed E-state index contributed by atoms with van der Waals surface area (Å²) >= 11 is 0. The van der Waals surface area contributed by atoms with E-state index >= 15 is 0 Å². The van der Waals surface area contributed by atoms with E-state index in [9.17, 15) is 14.4 Å². The average Bonchev–Trinajstić information content (AvgIpc) is 2.49. The Bertz CT molecular complexity index is 660. The van der Waals surface area contributed by atoms with Gasteiger partial charge >= 0.3 is 11.9 Å². The van der Waals surface area contributed by atoms with Crippen molar-refractivity contribution in [3.63, 3.8) is 0 Å². The quantitative estimate of drug-likeness (QED) is 0.686. The molecule has 5 nitrogen and oxygen atoms in total. The molecule has 2 rings (SSSR count). The van der Waals surface area contributed by atoms with E-state index in [2.05, 4.69) is 20.8 Å². The second kappa shape index (κ2) is 7.76. The SMILES string of the molecule is CC(=O)OC1C(=O)C(C)=C(CCC(C)CC(=O)O)C2(C)CCCC(C)(C)C12. The van der Waals surface area contributed by atoms with Gasteiger partial charge in [0.25, 0.3) is 0 Å². The molecule has 0 spiro atoms. The summed E-state index contributed by atoms with van der Waals surface area (Å²) in [4.78, 5) is 35.8. The third-order valence-electron chi connectivity index (χ3n) is 6.82. The molecule has 0 aliphatic heterocycles. The number of hydrogen-bond acceptors (Lipinski definition) is 4. The van der Waals surface area contributed by atoms with Gasteiger partial charge in [0.05, 0.1) is 0 Å². The van der Waals surface area contributed by atoms with Crippen molar-refractivity contribution < 1.29 is 24.2 Å². The van der Waals surface area contributed by atoms with Crippen LogP contribution in [-0.4, -0.2) is 28.9 Å². The Morgan fingerprint density at radius 1 is 1.26 bits per heavy atom. The normalized spacial score (nSPS) is 31.3. The molecular formula is C22H34O5. The van der Waals surface area contributed by atoms with Crippen LogP contribution in [0.5, 0.6) is 0 Å². The number of carboxylic acids is 1. The predicted molar refractivity (Wildman–Crippen MR) is 103 cm³/mol. The number of rotatable bonds is 6. The summed E-state index contributed by atoms with van der Waals surface area (Å²) in [5, 5.41) is 9.03. The number of carboxylic acid groups (broad SMARTS) is 1. The third kappa shape index (κ3) is 4.27. The lowest BCUT2D eigenvalue weighted by Gasteiger charge is -2.56. The molecule has 0 aromatic rings. The Morgan fingerprint density at radius 3 is 2.44 bits per heavy atom. The molecule has 0 aromatic carbocycles. The molecule has 4 atom stereocenters. The summed E-state index contributed by atoms with van der Waals surface area (Å²) in [6.45, 7) is 11.7. The van der Waals surface area contributed by atoms with Gasteiger partial charge in [0, 0.05) is 19.3 Å². The summed E-state index contributed by atoms with van der Waals surface area (Å²) in [6, 6.07) is 0. The molecule has 0 heterocycles. The minimum absolute atomic E-state index is 0.0522. The highest BCUT2D eigenvalue weighted by Crippen LogP contribution is 2.60. The van der Waals surface area contributed by atoms with E-state index in [1.807, 2.05) is 13.8 Å². The van der Waals surface area contributed by atoms with Gasteiger partial charge in [-0.25, -0.2) is 0 Å². The number of ether oxygens (including phenoxy) is 1. The van der Waals surface area contributed by atoms with E-state index in [0.29, 0.717) is 5.57 Å². The number of carbonyl (C=O) groups is 3. The summed E-state index contributed by atoms with van der Waals surface area (Å²) in [5.41, 5.74) is 1.54. The van der Waals surface area contributed by atoms with Gasteiger partial charge in [-0.2, -0.15) is 0 Å². The first kappa shape index (κ1) is 21.6. The molecule has 4 unspecified atom stereocenters. The van der Waals surface area contributed by atoms with Crippen molar-refractivity contribution in [2.75, 3.05) is 0 Å². The van der Waals surface area contributed by atoms with Crippen LogP contribution in [0.3, 0.4) is 0 Å². The molecule has 5 heteroatoms. The van der Waals surface area contributed by atoms with Gasteiger partial charge in [0.1, 0.15) is 0 Å². The molecule has 0 bridgehead atoms. The number of carbonyl (C=O) groups excluding carboxylic acids is 2. The highest BCUT2D eigenvalue weighted by Gasteiger charge is 2.58. The van der Waals surface area contributed by atoms with Crippen molar-refractivity contribution in [2.45, 2.75) is 86.2 Å². The van der Waals surface area contributed by atoms with Crippen LogP contribution in [0.1, 0.15) is 80.1 Å². The first-order valence-corrected chi connectivity index (χ1v) is 10.0. The molecular weight excluding hydrogens is 344 g/mol. The lowest BCUT2D eigenvalue weighted by molar-refractivity contribution is -0.167. The molecule has 0 amide bonds. The molecule has 1 fully saturated rings. The Hall–Kier alpha value is -1.65. The summed E-state index contributed by atoms with van der Waals surface area (Å²) in [6.07, 6.45) is 3.93. The molecule has 2 aliphatic rings. The van der Waals surface area contributed by atoms with Crippen LogP contribution in [0, 0.1) is 22.7 Å². The maximum Gasteiger partial charge on any atom is 0.303 e. The van der Waals surface area contributed by atoms with Crippen LogP contribution in [0.4, 0.5) is 0 Å². The fourth-order valence-electron chi connectivity index (χ4n) is 5.67. The number of aliphatic carboxylic acids is 1. The van der Waals surface area contributed by atoms with Crippen molar-refractivity contribution in [3.8, 4) is 0 Å². The smallest absolute Gasteiger partial charge is 0.303 e. The summed E-state index contributed by atoms with van der Waals surface area (Å²) in [7, 11) is 0. The van der Waals surface area contributed by atoms with Gasteiger partial charge in [-0.3, -0.25) is 14.4 Å². The van der Waals surface area contributed by atoms with Crippen LogP contribution in [0.15, 0.2) is 11.1 Å². The van der Waals surface area contributed by atoms with E-state index in [-0.39, 0.29) is 34.9 Å². The van der Waals surface area contributed by atoms with E-state index < -0.39 is 18.0 Å². The summed E-state index contributed by atoms with van der Waals surface area (Å²) in [5.74, 6) is -1.27. The lowest BCUT2D eigenvalue weighted by Crippen LogP contribution is -2.56. The van der Waals surface area contributed by atoms with Crippen molar-refractivity contribution in [3.05, 3.63) is 11.1 Å². The van der Waals surface area contributed by atoms with Crippen LogP contribution in [0.2, 0.25) is 0 Å². The van der Waals surface area contributed by atoms with Gasteiger partial charge in [0.15, 0.2) is 11.9 Å². The van der Waals surface area contributed by atoms with Crippen molar-refractivity contribution >= 4 is 17.7 Å². The average molecular weight is 379 g/mol.